The average Bonchev–Trinajstić information content (AvgIpc) is 3.34. The van der Waals surface area contributed by atoms with E-state index in [0.717, 1.165) is 5.56 Å². The molecule has 1 amide bonds. The Kier molecular flexibility index (Phi) is 6.01. The van der Waals surface area contributed by atoms with E-state index in [4.69, 9.17) is 11.6 Å². The maximum Gasteiger partial charge on any atom is 0.276 e. The Hall–Kier alpha value is -3.23. The van der Waals surface area contributed by atoms with Crippen molar-refractivity contribution in [1.29, 1.82) is 0 Å². The largest absolute Gasteiger partial charge is 0.325 e. The van der Waals surface area contributed by atoms with Crippen molar-refractivity contribution in [3.63, 3.8) is 0 Å². The number of aromatic amines is 1. The number of nitrogens with one attached hydrogen (secondary N) is 2. The average molecular weight is 457 g/mol. The van der Waals surface area contributed by atoms with Crippen molar-refractivity contribution >= 4 is 34.5 Å². The number of amides is 1. The zero-order chi connectivity index (χ0) is 22.0. The quantitative estimate of drug-likeness (QED) is 0.430. The SMILES string of the molecule is Cc1[nH]n(-c2nc(-c3ccc(F)cc3)cs2)c(=O)c1CCC(=O)Nc1ccccc1Cl. The number of halogens is 2. The van der Waals surface area contributed by atoms with Gasteiger partial charge in [0.1, 0.15) is 5.82 Å². The number of nitrogens with zero attached hydrogens (tertiary/aromatic N) is 2. The second kappa shape index (κ2) is 8.87. The molecule has 0 saturated carbocycles. The van der Waals surface area contributed by atoms with Crippen LogP contribution in [-0.4, -0.2) is 20.7 Å². The molecule has 0 unspecified atom stereocenters. The number of para-hydroxylation sites is 1. The van der Waals surface area contributed by atoms with Crippen molar-refractivity contribution in [2.45, 2.75) is 19.8 Å². The van der Waals surface area contributed by atoms with Gasteiger partial charge in [-0.25, -0.2) is 9.37 Å². The van der Waals surface area contributed by atoms with Crippen molar-refractivity contribution < 1.29 is 9.18 Å². The lowest BCUT2D eigenvalue weighted by molar-refractivity contribution is -0.116. The lowest BCUT2D eigenvalue weighted by Gasteiger charge is -2.06. The molecule has 4 aromatic rings. The maximum atomic E-state index is 13.1. The summed E-state index contributed by atoms with van der Waals surface area (Å²) in [7, 11) is 0. The monoisotopic (exact) mass is 456 g/mol. The van der Waals surface area contributed by atoms with Crippen molar-refractivity contribution in [2.24, 2.45) is 0 Å². The summed E-state index contributed by atoms with van der Waals surface area (Å²) >= 11 is 7.36. The molecule has 158 valence electrons. The lowest BCUT2D eigenvalue weighted by Crippen LogP contribution is -2.19. The third kappa shape index (κ3) is 4.60. The zero-order valence-electron chi connectivity index (χ0n) is 16.5. The van der Waals surface area contributed by atoms with Crippen LogP contribution < -0.4 is 10.9 Å². The summed E-state index contributed by atoms with van der Waals surface area (Å²) in [6, 6.07) is 13.0. The van der Waals surface area contributed by atoms with E-state index in [-0.39, 0.29) is 30.1 Å². The Morgan fingerprint density at radius 2 is 1.97 bits per heavy atom. The molecule has 0 aliphatic rings. The van der Waals surface area contributed by atoms with E-state index in [1.54, 1.807) is 43.3 Å². The van der Waals surface area contributed by atoms with Gasteiger partial charge < -0.3 is 5.32 Å². The number of hydrogen-bond donors (Lipinski definition) is 2. The molecular formula is C22H18ClFN4O2S. The molecule has 0 atom stereocenters. The molecule has 0 aliphatic carbocycles. The fourth-order valence-corrected chi connectivity index (χ4v) is 4.12. The summed E-state index contributed by atoms with van der Waals surface area (Å²) in [5.74, 6) is -0.550. The van der Waals surface area contributed by atoms with Crippen molar-refractivity contribution in [1.82, 2.24) is 14.8 Å². The van der Waals surface area contributed by atoms with Gasteiger partial charge in [-0.05, 0) is 49.7 Å². The van der Waals surface area contributed by atoms with Crippen LogP contribution in [0, 0.1) is 12.7 Å². The molecule has 4 rings (SSSR count). The minimum Gasteiger partial charge on any atom is -0.325 e. The Morgan fingerprint density at radius 3 is 2.71 bits per heavy atom. The third-order valence-corrected chi connectivity index (χ3v) is 5.92. The Labute approximate surface area is 186 Å². The molecule has 2 heterocycles. The number of aromatic nitrogens is 3. The second-order valence-corrected chi connectivity index (χ2v) is 8.15. The van der Waals surface area contributed by atoms with E-state index >= 15 is 0 Å². The zero-order valence-corrected chi connectivity index (χ0v) is 18.1. The summed E-state index contributed by atoms with van der Waals surface area (Å²) in [4.78, 5) is 29.7. The Bertz CT molecular complexity index is 1290. The van der Waals surface area contributed by atoms with Crippen LogP contribution >= 0.6 is 22.9 Å². The van der Waals surface area contributed by atoms with Gasteiger partial charge in [-0.2, -0.15) is 4.68 Å². The summed E-state index contributed by atoms with van der Waals surface area (Å²) in [6.07, 6.45) is 0.415. The van der Waals surface area contributed by atoms with Crippen LogP contribution in [0.5, 0.6) is 0 Å². The lowest BCUT2D eigenvalue weighted by atomic mass is 10.1. The maximum absolute atomic E-state index is 13.1. The Morgan fingerprint density at radius 1 is 1.23 bits per heavy atom. The van der Waals surface area contributed by atoms with Crippen LogP contribution in [0.4, 0.5) is 10.1 Å². The molecule has 0 radical (unpaired) electrons. The van der Waals surface area contributed by atoms with Crippen LogP contribution in [0.15, 0.2) is 58.7 Å². The fraction of sp³-hybridized carbons (Fsp3) is 0.136. The molecule has 2 aromatic heterocycles. The smallest absolute Gasteiger partial charge is 0.276 e. The molecule has 2 N–H and O–H groups in total. The van der Waals surface area contributed by atoms with E-state index in [0.29, 0.717) is 32.8 Å². The summed E-state index contributed by atoms with van der Waals surface area (Å²) in [5, 5.41) is 8.52. The molecule has 9 heteroatoms. The van der Waals surface area contributed by atoms with Gasteiger partial charge in [0.05, 0.1) is 16.4 Å². The summed E-state index contributed by atoms with van der Waals surface area (Å²) in [5.41, 5.74) is 2.90. The minimum absolute atomic E-state index is 0.137. The van der Waals surface area contributed by atoms with Gasteiger partial charge in [-0.1, -0.05) is 23.7 Å². The van der Waals surface area contributed by atoms with Crippen LogP contribution in [0.2, 0.25) is 5.02 Å². The van der Waals surface area contributed by atoms with Crippen LogP contribution in [-0.2, 0) is 11.2 Å². The molecule has 6 nitrogen and oxygen atoms in total. The van der Waals surface area contributed by atoms with E-state index < -0.39 is 0 Å². The van der Waals surface area contributed by atoms with Crippen LogP contribution in [0.3, 0.4) is 0 Å². The first kappa shape index (κ1) is 21.0. The van der Waals surface area contributed by atoms with Gasteiger partial charge in [-0.15, -0.1) is 11.3 Å². The number of carbonyl (C=O) groups is 1. The van der Waals surface area contributed by atoms with Gasteiger partial charge in [-0.3, -0.25) is 14.7 Å². The number of hydrogen-bond acceptors (Lipinski definition) is 4. The van der Waals surface area contributed by atoms with Crippen molar-refractivity contribution in [3.8, 4) is 16.4 Å². The number of benzene rings is 2. The van der Waals surface area contributed by atoms with E-state index in [9.17, 15) is 14.0 Å². The second-order valence-electron chi connectivity index (χ2n) is 6.91. The normalized spacial score (nSPS) is 10.9. The van der Waals surface area contributed by atoms with Gasteiger partial charge >= 0.3 is 0 Å². The van der Waals surface area contributed by atoms with E-state index in [2.05, 4.69) is 15.4 Å². The predicted molar refractivity (Wildman–Crippen MR) is 121 cm³/mol. The third-order valence-electron chi connectivity index (χ3n) is 4.77. The first-order valence-electron chi connectivity index (χ1n) is 9.49. The van der Waals surface area contributed by atoms with Crippen molar-refractivity contribution in [3.05, 3.63) is 86.4 Å². The van der Waals surface area contributed by atoms with Gasteiger partial charge in [0.2, 0.25) is 11.0 Å². The van der Waals surface area contributed by atoms with Gasteiger partial charge in [0.25, 0.3) is 5.56 Å². The first-order chi connectivity index (χ1) is 14.9. The van der Waals surface area contributed by atoms with Gasteiger partial charge in [0.15, 0.2) is 0 Å². The topological polar surface area (TPSA) is 79.8 Å². The molecule has 2 aromatic carbocycles. The van der Waals surface area contributed by atoms with Gasteiger partial charge in [0, 0.05) is 28.6 Å². The highest BCUT2D eigenvalue weighted by Gasteiger charge is 2.17. The number of H-pyrrole nitrogens is 1. The molecule has 0 saturated heterocycles. The Balaban J connectivity index is 1.49. The van der Waals surface area contributed by atoms with E-state index in [1.807, 2.05) is 5.38 Å². The highest BCUT2D eigenvalue weighted by Crippen LogP contribution is 2.24. The number of rotatable bonds is 6. The first-order valence-corrected chi connectivity index (χ1v) is 10.7. The van der Waals surface area contributed by atoms with Crippen LogP contribution in [0.1, 0.15) is 17.7 Å². The highest BCUT2D eigenvalue weighted by atomic mass is 35.5. The number of thiazole rings is 1. The standard InChI is InChI=1S/C22H18ClFN4O2S/c1-13-16(10-11-20(29)25-18-5-3-2-4-17(18)23)21(30)28(27-13)22-26-19(12-31-22)14-6-8-15(24)9-7-14/h2-9,12,27H,10-11H2,1H3,(H,25,29). The molecule has 0 bridgehead atoms. The number of aryl methyl sites for hydroxylation is 1. The molecule has 0 aliphatic heterocycles. The van der Waals surface area contributed by atoms with Crippen molar-refractivity contribution in [2.75, 3.05) is 5.32 Å². The minimum atomic E-state index is -0.321. The van der Waals surface area contributed by atoms with E-state index in [1.165, 1.54) is 28.2 Å². The molecule has 0 spiro atoms. The predicted octanol–water partition coefficient (Wildman–Crippen LogP) is 4.96. The number of anilines is 1. The highest BCUT2D eigenvalue weighted by molar-refractivity contribution is 7.12. The molecule has 0 fully saturated rings. The fourth-order valence-electron chi connectivity index (χ4n) is 3.14. The number of carbonyl (C=O) groups excluding carboxylic acids is 1. The van der Waals surface area contributed by atoms with Crippen LogP contribution in [0.25, 0.3) is 16.4 Å². The summed E-state index contributed by atoms with van der Waals surface area (Å²) in [6.45, 7) is 1.79. The molecule has 31 heavy (non-hydrogen) atoms. The molecular weight excluding hydrogens is 439 g/mol. The summed E-state index contributed by atoms with van der Waals surface area (Å²) < 4.78 is 14.5.